The van der Waals surface area contributed by atoms with Crippen molar-refractivity contribution in [2.24, 2.45) is 11.7 Å². The molecule has 102 valence electrons. The van der Waals surface area contributed by atoms with Crippen molar-refractivity contribution < 1.29 is 0 Å². The van der Waals surface area contributed by atoms with Crippen LogP contribution in [0.3, 0.4) is 0 Å². The van der Waals surface area contributed by atoms with E-state index in [0.29, 0.717) is 12.0 Å². The quantitative estimate of drug-likeness (QED) is 0.930. The molecule has 1 aromatic heterocycles. The van der Waals surface area contributed by atoms with E-state index in [1.807, 2.05) is 0 Å². The molecule has 1 saturated heterocycles. The number of halogens is 1. The number of rotatable bonds is 3. The van der Waals surface area contributed by atoms with Gasteiger partial charge in [0.15, 0.2) is 0 Å². The SMILES string of the molecule is CCn1nc(C)c(Br)c1CN1CCC(N)C(C)C1. The molecule has 0 aromatic carbocycles. The van der Waals surface area contributed by atoms with Crippen LogP contribution < -0.4 is 5.73 Å². The second-order valence-electron chi connectivity index (χ2n) is 5.33. The Labute approximate surface area is 118 Å². The summed E-state index contributed by atoms with van der Waals surface area (Å²) in [6.45, 7) is 10.5. The van der Waals surface area contributed by atoms with Crippen molar-refractivity contribution in [2.75, 3.05) is 13.1 Å². The molecule has 2 unspecified atom stereocenters. The number of aryl methyl sites for hydroxylation is 2. The minimum Gasteiger partial charge on any atom is -0.327 e. The van der Waals surface area contributed by atoms with E-state index in [1.165, 1.54) is 5.69 Å². The van der Waals surface area contributed by atoms with Crippen LogP contribution in [0.2, 0.25) is 0 Å². The number of hydrogen-bond donors (Lipinski definition) is 1. The highest BCUT2D eigenvalue weighted by atomic mass is 79.9. The highest BCUT2D eigenvalue weighted by molar-refractivity contribution is 9.10. The van der Waals surface area contributed by atoms with Crippen molar-refractivity contribution in [1.82, 2.24) is 14.7 Å². The average molecular weight is 315 g/mol. The normalized spacial score (nSPS) is 25.6. The van der Waals surface area contributed by atoms with Gasteiger partial charge in [0.05, 0.1) is 15.9 Å². The van der Waals surface area contributed by atoms with Crippen LogP contribution in [-0.4, -0.2) is 33.8 Å². The third-order valence-electron chi connectivity index (χ3n) is 3.88. The minimum atomic E-state index is 0.363. The van der Waals surface area contributed by atoms with Gasteiger partial charge in [0.2, 0.25) is 0 Å². The smallest absolute Gasteiger partial charge is 0.0739 e. The molecule has 18 heavy (non-hydrogen) atoms. The molecule has 0 bridgehead atoms. The molecule has 1 aliphatic rings. The molecule has 1 aliphatic heterocycles. The van der Waals surface area contributed by atoms with Crippen LogP contribution in [0.15, 0.2) is 4.47 Å². The van der Waals surface area contributed by atoms with Gasteiger partial charge in [0.25, 0.3) is 0 Å². The Hall–Kier alpha value is -0.390. The summed E-state index contributed by atoms with van der Waals surface area (Å²) in [5.74, 6) is 0.580. The third kappa shape index (κ3) is 2.78. The van der Waals surface area contributed by atoms with Crippen LogP contribution in [-0.2, 0) is 13.1 Å². The molecule has 0 saturated carbocycles. The number of likely N-dealkylation sites (tertiary alicyclic amines) is 1. The third-order valence-corrected chi connectivity index (χ3v) is 4.91. The second-order valence-corrected chi connectivity index (χ2v) is 6.12. The number of piperidine rings is 1. The first-order valence-electron chi connectivity index (χ1n) is 6.72. The highest BCUT2D eigenvalue weighted by Crippen LogP contribution is 2.24. The van der Waals surface area contributed by atoms with Gasteiger partial charge in [0, 0.05) is 32.2 Å². The molecule has 1 aromatic rings. The maximum atomic E-state index is 6.07. The zero-order chi connectivity index (χ0) is 13.3. The molecular formula is C13H23BrN4. The molecule has 0 radical (unpaired) electrons. The lowest BCUT2D eigenvalue weighted by molar-refractivity contribution is 0.154. The van der Waals surface area contributed by atoms with E-state index in [-0.39, 0.29) is 0 Å². The summed E-state index contributed by atoms with van der Waals surface area (Å²) in [7, 11) is 0. The lowest BCUT2D eigenvalue weighted by atomic mass is 9.95. The van der Waals surface area contributed by atoms with E-state index in [9.17, 15) is 0 Å². The zero-order valence-corrected chi connectivity index (χ0v) is 13.1. The van der Waals surface area contributed by atoms with Gasteiger partial charge < -0.3 is 5.73 Å². The van der Waals surface area contributed by atoms with Gasteiger partial charge in [-0.25, -0.2) is 0 Å². The lowest BCUT2D eigenvalue weighted by Gasteiger charge is -2.35. The van der Waals surface area contributed by atoms with Gasteiger partial charge in [-0.05, 0) is 42.1 Å². The monoisotopic (exact) mass is 314 g/mol. The summed E-state index contributed by atoms with van der Waals surface area (Å²) < 4.78 is 3.25. The first-order chi connectivity index (χ1) is 8.52. The topological polar surface area (TPSA) is 47.1 Å². The molecule has 2 rings (SSSR count). The molecule has 2 N–H and O–H groups in total. The summed E-state index contributed by atoms with van der Waals surface area (Å²) in [5.41, 5.74) is 8.44. The Balaban J connectivity index is 2.10. The van der Waals surface area contributed by atoms with Gasteiger partial charge in [-0.3, -0.25) is 9.58 Å². The number of hydrogen-bond acceptors (Lipinski definition) is 3. The molecule has 0 amide bonds. The minimum absolute atomic E-state index is 0.363. The molecule has 0 spiro atoms. The Morgan fingerprint density at radius 1 is 1.50 bits per heavy atom. The van der Waals surface area contributed by atoms with Crippen LogP contribution in [0, 0.1) is 12.8 Å². The summed E-state index contributed by atoms with van der Waals surface area (Å²) in [6.07, 6.45) is 1.10. The van der Waals surface area contributed by atoms with Crippen LogP contribution >= 0.6 is 15.9 Å². The molecule has 0 aliphatic carbocycles. The Morgan fingerprint density at radius 3 is 2.83 bits per heavy atom. The van der Waals surface area contributed by atoms with E-state index in [1.54, 1.807) is 0 Å². The Bertz CT molecular complexity index is 415. The summed E-state index contributed by atoms with van der Waals surface area (Å²) in [4.78, 5) is 2.49. The predicted molar refractivity (Wildman–Crippen MR) is 77.4 cm³/mol. The molecule has 2 heterocycles. The fraction of sp³-hybridized carbons (Fsp3) is 0.769. The number of nitrogens with two attached hydrogens (primary N) is 1. The fourth-order valence-corrected chi connectivity index (χ4v) is 3.03. The van der Waals surface area contributed by atoms with Gasteiger partial charge >= 0.3 is 0 Å². The number of aromatic nitrogens is 2. The Morgan fingerprint density at radius 2 is 2.22 bits per heavy atom. The summed E-state index contributed by atoms with van der Waals surface area (Å²) in [6, 6.07) is 0.363. The average Bonchev–Trinajstić information content (AvgIpc) is 2.61. The van der Waals surface area contributed by atoms with Crippen molar-refractivity contribution in [3.8, 4) is 0 Å². The fourth-order valence-electron chi connectivity index (χ4n) is 2.63. The summed E-state index contributed by atoms with van der Waals surface area (Å²) >= 11 is 3.66. The van der Waals surface area contributed by atoms with Crippen molar-refractivity contribution in [3.63, 3.8) is 0 Å². The highest BCUT2D eigenvalue weighted by Gasteiger charge is 2.24. The van der Waals surface area contributed by atoms with Gasteiger partial charge in [-0.15, -0.1) is 0 Å². The van der Waals surface area contributed by atoms with E-state index in [0.717, 1.165) is 42.8 Å². The lowest BCUT2D eigenvalue weighted by Crippen LogP contribution is -2.45. The van der Waals surface area contributed by atoms with Crippen molar-refractivity contribution >= 4 is 15.9 Å². The second kappa shape index (κ2) is 5.72. The number of nitrogens with zero attached hydrogens (tertiary/aromatic N) is 3. The Kier molecular flexibility index (Phi) is 4.45. The van der Waals surface area contributed by atoms with E-state index in [2.05, 4.69) is 51.4 Å². The maximum Gasteiger partial charge on any atom is 0.0739 e. The van der Waals surface area contributed by atoms with Crippen LogP contribution in [0.4, 0.5) is 0 Å². The molecule has 5 heteroatoms. The summed E-state index contributed by atoms with van der Waals surface area (Å²) in [5, 5.41) is 4.55. The largest absolute Gasteiger partial charge is 0.327 e. The van der Waals surface area contributed by atoms with Crippen molar-refractivity contribution in [3.05, 3.63) is 15.9 Å². The standard InChI is InChI=1S/C13H23BrN4/c1-4-18-12(13(14)10(3)16-18)8-17-6-5-11(15)9(2)7-17/h9,11H,4-8,15H2,1-3H3. The van der Waals surface area contributed by atoms with Gasteiger partial charge in [0.1, 0.15) is 0 Å². The zero-order valence-electron chi connectivity index (χ0n) is 11.5. The van der Waals surface area contributed by atoms with E-state index >= 15 is 0 Å². The van der Waals surface area contributed by atoms with Crippen molar-refractivity contribution in [2.45, 2.75) is 46.3 Å². The van der Waals surface area contributed by atoms with Crippen LogP contribution in [0.5, 0.6) is 0 Å². The molecule has 2 atom stereocenters. The maximum absolute atomic E-state index is 6.07. The first-order valence-corrected chi connectivity index (χ1v) is 7.52. The van der Waals surface area contributed by atoms with Crippen LogP contribution in [0.25, 0.3) is 0 Å². The van der Waals surface area contributed by atoms with E-state index in [4.69, 9.17) is 5.73 Å². The van der Waals surface area contributed by atoms with Gasteiger partial charge in [-0.1, -0.05) is 6.92 Å². The first kappa shape index (κ1) is 14.0. The van der Waals surface area contributed by atoms with Crippen LogP contribution in [0.1, 0.15) is 31.7 Å². The molecule has 4 nitrogen and oxygen atoms in total. The van der Waals surface area contributed by atoms with E-state index < -0.39 is 0 Å². The molecule has 1 fully saturated rings. The molecular weight excluding hydrogens is 292 g/mol. The van der Waals surface area contributed by atoms with Gasteiger partial charge in [-0.2, -0.15) is 5.10 Å². The predicted octanol–water partition coefficient (Wildman–Crippen LogP) is 2.14. The van der Waals surface area contributed by atoms with Crippen molar-refractivity contribution in [1.29, 1.82) is 0 Å².